The van der Waals surface area contributed by atoms with E-state index in [2.05, 4.69) is 83.7 Å². The van der Waals surface area contributed by atoms with Crippen molar-refractivity contribution in [2.45, 2.75) is 82.7 Å². The highest BCUT2D eigenvalue weighted by molar-refractivity contribution is 9.10. The zero-order valence-electron chi connectivity index (χ0n) is 29.8. The number of halogens is 2. The van der Waals surface area contributed by atoms with Gasteiger partial charge in [-0.15, -0.1) is 0 Å². The lowest BCUT2D eigenvalue weighted by Crippen LogP contribution is -2.41. The van der Waals surface area contributed by atoms with Crippen LogP contribution >= 0.6 is 27.5 Å². The van der Waals surface area contributed by atoms with Crippen LogP contribution in [0.3, 0.4) is 0 Å². The monoisotopic (exact) mass is 799 g/mol. The molecule has 0 radical (unpaired) electrons. The molecule has 0 bridgehead atoms. The third-order valence-corrected chi connectivity index (χ3v) is 19.7. The van der Waals surface area contributed by atoms with Crippen molar-refractivity contribution < 1.29 is 31.5 Å². The molecule has 0 amide bonds. The zero-order valence-corrected chi connectivity index (χ0v) is 34.9. The Balaban J connectivity index is 0.000000379. The number of benzene rings is 3. The summed E-state index contributed by atoms with van der Waals surface area (Å²) in [5.41, 5.74) is 0.572. The molecular weight excluding hydrogens is 750 g/mol. The van der Waals surface area contributed by atoms with Gasteiger partial charge in [0, 0.05) is 15.6 Å². The van der Waals surface area contributed by atoms with Crippen molar-refractivity contribution in [2.75, 3.05) is 26.4 Å². The van der Waals surface area contributed by atoms with E-state index in [1.807, 2.05) is 24.3 Å². The van der Waals surface area contributed by atoms with Gasteiger partial charge in [0.05, 0.1) is 18.2 Å². The molecule has 0 aliphatic heterocycles. The summed E-state index contributed by atoms with van der Waals surface area (Å²) in [6.45, 7) is 24.3. The van der Waals surface area contributed by atoms with E-state index in [-0.39, 0.29) is 31.3 Å². The number of primary sulfonamides is 1. The number of carbonyl (C=O) groups is 1. The lowest BCUT2D eigenvalue weighted by atomic mass is 10.0. The number of ketones is 1. The van der Waals surface area contributed by atoms with Gasteiger partial charge >= 0.3 is 0 Å². The first-order valence-electron chi connectivity index (χ1n) is 15.7. The Bertz CT molecular complexity index is 1600. The van der Waals surface area contributed by atoms with Gasteiger partial charge in [-0.05, 0) is 103 Å². The normalized spacial score (nSPS) is 12.6. The Morgan fingerprint density at radius 3 is 1.50 bits per heavy atom. The van der Waals surface area contributed by atoms with E-state index in [0.29, 0.717) is 37.7 Å². The lowest BCUT2D eigenvalue weighted by molar-refractivity contribution is 0.103. The van der Waals surface area contributed by atoms with Gasteiger partial charge in [-0.2, -0.15) is 0 Å². The van der Waals surface area contributed by atoms with Gasteiger partial charge in [0.25, 0.3) is 0 Å². The first-order valence-corrected chi connectivity index (χ1v) is 24.2. The molecule has 0 spiro atoms. The molecule has 0 fully saturated rings. The number of hydrogen-bond donors (Lipinski definition) is 1. The minimum absolute atomic E-state index is 0.0299. The van der Waals surface area contributed by atoms with Crippen molar-refractivity contribution in [1.82, 2.24) is 0 Å². The maximum Gasteiger partial charge on any atom is 0.239 e. The molecule has 3 aromatic rings. The summed E-state index contributed by atoms with van der Waals surface area (Å²) in [5, 5.41) is 5.51. The average molecular weight is 801 g/mol. The summed E-state index contributed by atoms with van der Waals surface area (Å²) in [6, 6.07) is 18.5. The van der Waals surface area contributed by atoms with Crippen molar-refractivity contribution in [3.8, 4) is 11.5 Å². The molecule has 0 aliphatic rings. The van der Waals surface area contributed by atoms with E-state index in [0.717, 1.165) is 10.2 Å². The van der Waals surface area contributed by atoms with E-state index in [9.17, 15) is 13.2 Å². The molecule has 0 heterocycles. The summed E-state index contributed by atoms with van der Waals surface area (Å²) in [4.78, 5) is 12.4. The summed E-state index contributed by atoms with van der Waals surface area (Å²) in [6.07, 6.45) is 0. The summed E-state index contributed by atoms with van der Waals surface area (Å²) in [7, 11) is -7.48. The fraction of sp³-hybridized carbons (Fsp3) is 0.457. The van der Waals surface area contributed by atoms with Crippen LogP contribution in [0.25, 0.3) is 0 Å². The third kappa shape index (κ3) is 13.0. The molecule has 0 aliphatic carbocycles. The zero-order chi connectivity index (χ0) is 36.6. The fourth-order valence-corrected chi connectivity index (χ4v) is 7.00. The summed E-state index contributed by atoms with van der Waals surface area (Å²) in [5.74, 6) is 1.16. The highest BCUT2D eigenvalue weighted by Gasteiger charge is 2.37. The van der Waals surface area contributed by atoms with Crippen molar-refractivity contribution in [1.29, 1.82) is 0 Å². The second-order valence-electron chi connectivity index (χ2n) is 14.4. The molecule has 0 unspecified atom stereocenters. The lowest BCUT2D eigenvalue weighted by Gasteiger charge is -2.36. The molecule has 48 heavy (non-hydrogen) atoms. The number of ether oxygens (including phenoxy) is 2. The van der Waals surface area contributed by atoms with Gasteiger partial charge in [-0.25, -0.2) is 13.6 Å². The smallest absolute Gasteiger partial charge is 0.239 e. The molecule has 2 N–H and O–H groups in total. The van der Waals surface area contributed by atoms with E-state index in [1.54, 1.807) is 24.3 Å². The van der Waals surface area contributed by atoms with E-state index < -0.39 is 26.7 Å². The van der Waals surface area contributed by atoms with Crippen LogP contribution in [0, 0.1) is 0 Å². The van der Waals surface area contributed by atoms with Crippen LogP contribution in [0.4, 0.5) is 0 Å². The minimum atomic E-state index is -4.02. The van der Waals surface area contributed by atoms with Gasteiger partial charge < -0.3 is 18.3 Å². The standard InChI is InChI=1S/C21H28ClNO5SSi.C14H23BrO2Si/c1-21(2,3)30(4,5)28-13-12-27-17-9-6-15(7-10-17)20(24)16-8-11-18(22)19(14-16)29(23,25)26;1-14(2,3)18(4,5)17-11-10-16-13-8-6-12(15)7-9-13/h6-11,14H,12-13H2,1-5H3,(H2,23,25,26);6-9H,10-11H2,1-5H3. The highest BCUT2D eigenvalue weighted by Crippen LogP contribution is 2.37. The molecule has 0 saturated heterocycles. The number of hydrogen-bond acceptors (Lipinski definition) is 7. The van der Waals surface area contributed by atoms with Crippen molar-refractivity contribution in [3.63, 3.8) is 0 Å². The second-order valence-corrected chi connectivity index (χ2v) is 26.9. The molecule has 3 aromatic carbocycles. The fourth-order valence-electron chi connectivity index (χ4n) is 3.61. The van der Waals surface area contributed by atoms with Crippen LogP contribution in [0.2, 0.25) is 41.3 Å². The van der Waals surface area contributed by atoms with E-state index in [4.69, 9.17) is 35.1 Å². The SMILES string of the molecule is CC(C)(C)[Si](C)(C)OCCOc1ccc(Br)cc1.CC(C)(C)[Si](C)(C)OCCOc1ccc(C(=O)c2ccc(Cl)c(S(N)(=O)=O)c2)cc1. The van der Waals surface area contributed by atoms with E-state index in [1.165, 1.54) is 18.2 Å². The maximum absolute atomic E-state index is 12.7. The number of rotatable bonds is 13. The molecule has 8 nitrogen and oxygen atoms in total. The van der Waals surface area contributed by atoms with Crippen LogP contribution in [0.1, 0.15) is 57.5 Å². The van der Waals surface area contributed by atoms with Crippen LogP contribution in [-0.2, 0) is 18.9 Å². The van der Waals surface area contributed by atoms with Gasteiger partial charge in [0.1, 0.15) is 29.6 Å². The Morgan fingerprint density at radius 2 is 1.10 bits per heavy atom. The largest absolute Gasteiger partial charge is 0.491 e. The van der Waals surface area contributed by atoms with E-state index >= 15 is 0 Å². The molecule has 266 valence electrons. The molecular formula is C35H51BrClNO7SSi2. The minimum Gasteiger partial charge on any atom is -0.491 e. The van der Waals surface area contributed by atoms with Crippen LogP contribution in [-0.4, -0.2) is 57.3 Å². The van der Waals surface area contributed by atoms with Gasteiger partial charge in [0.15, 0.2) is 22.4 Å². The Hall–Kier alpha value is -2.04. The third-order valence-electron chi connectivity index (χ3n) is 8.67. The molecule has 13 heteroatoms. The Morgan fingerprint density at radius 1 is 0.708 bits per heavy atom. The number of nitrogens with two attached hydrogens (primary N) is 1. The Kier molecular flexibility index (Phi) is 15.1. The van der Waals surface area contributed by atoms with Gasteiger partial charge in [0.2, 0.25) is 10.0 Å². The molecule has 0 atom stereocenters. The predicted octanol–water partition coefficient (Wildman–Crippen LogP) is 9.47. The molecule has 3 rings (SSSR count). The van der Waals surface area contributed by atoms with Gasteiger partial charge in [-0.3, -0.25) is 4.79 Å². The van der Waals surface area contributed by atoms with Crippen molar-refractivity contribution >= 4 is 60.0 Å². The second kappa shape index (κ2) is 17.3. The maximum atomic E-state index is 12.7. The van der Waals surface area contributed by atoms with Crippen LogP contribution < -0.4 is 14.6 Å². The summed E-state index contributed by atoms with van der Waals surface area (Å²) < 4.78 is 47.8. The average Bonchev–Trinajstić information content (AvgIpc) is 2.97. The van der Waals surface area contributed by atoms with Crippen LogP contribution in [0.15, 0.2) is 76.1 Å². The first kappa shape index (κ1) is 42.1. The number of carbonyl (C=O) groups excluding carboxylic acids is 1. The molecule has 0 aromatic heterocycles. The van der Waals surface area contributed by atoms with Crippen molar-refractivity contribution in [3.05, 3.63) is 87.4 Å². The first-order chi connectivity index (χ1) is 21.9. The summed E-state index contributed by atoms with van der Waals surface area (Å²) >= 11 is 9.27. The topological polar surface area (TPSA) is 114 Å². The van der Waals surface area contributed by atoms with Crippen LogP contribution in [0.5, 0.6) is 11.5 Å². The predicted molar refractivity (Wildman–Crippen MR) is 204 cm³/mol. The highest BCUT2D eigenvalue weighted by atomic mass is 79.9. The Labute approximate surface area is 303 Å². The number of sulfonamides is 1. The quantitative estimate of drug-likeness (QED) is 0.104. The van der Waals surface area contributed by atoms with Gasteiger partial charge in [-0.1, -0.05) is 69.1 Å². The van der Waals surface area contributed by atoms with Crippen molar-refractivity contribution in [2.24, 2.45) is 5.14 Å². The molecule has 0 saturated carbocycles.